The highest BCUT2D eigenvalue weighted by Crippen LogP contribution is 2.44. The first-order valence-electron chi connectivity index (χ1n) is 4.81. The molecule has 0 aliphatic carbocycles. The van der Waals surface area contributed by atoms with Gasteiger partial charge in [-0.25, -0.2) is 0 Å². The van der Waals surface area contributed by atoms with Crippen molar-refractivity contribution in [2.45, 2.75) is 59.6 Å². The summed E-state index contributed by atoms with van der Waals surface area (Å²) in [5, 5.41) is 0.489. The molecule has 0 unspecified atom stereocenters. The van der Waals surface area contributed by atoms with Crippen LogP contribution in [-0.4, -0.2) is 7.28 Å². The van der Waals surface area contributed by atoms with Crippen LogP contribution >= 0.6 is 0 Å². The van der Waals surface area contributed by atoms with E-state index in [0.717, 1.165) is 0 Å². The van der Waals surface area contributed by atoms with Crippen LogP contribution < -0.4 is 0 Å². The van der Waals surface area contributed by atoms with Gasteiger partial charge in [-0.2, -0.15) is 0 Å². The highest BCUT2D eigenvalue weighted by molar-refractivity contribution is 6.40. The van der Waals surface area contributed by atoms with Crippen LogP contribution in [0.15, 0.2) is 0 Å². The zero-order valence-corrected chi connectivity index (χ0v) is 9.12. The predicted molar refractivity (Wildman–Crippen MR) is 55.7 cm³/mol. The number of hydrogen-bond acceptors (Lipinski definition) is 0. The molecule has 0 N–H and O–H groups in total. The average Bonchev–Trinajstić information content (AvgIpc) is 1.81. The molecule has 0 aliphatic rings. The fourth-order valence-corrected chi connectivity index (χ4v) is 0.994. The smallest absolute Gasteiger partial charge is 0.0772 e. The second-order valence-electron chi connectivity index (χ2n) is 5.24. The van der Waals surface area contributed by atoms with E-state index >= 15 is 0 Å². The Morgan fingerprint density at radius 2 is 1.45 bits per heavy atom. The normalized spacial score (nSPS) is 13.3. The molecular weight excluding hydrogens is 131 g/mol. The van der Waals surface area contributed by atoms with E-state index in [0.29, 0.717) is 10.7 Å². The van der Waals surface area contributed by atoms with Crippen LogP contribution in [0.1, 0.15) is 48.0 Å². The first kappa shape index (κ1) is 11.1. The molecule has 0 aromatic carbocycles. The van der Waals surface area contributed by atoms with Crippen LogP contribution in [0.25, 0.3) is 0 Å². The van der Waals surface area contributed by atoms with E-state index in [9.17, 15) is 0 Å². The van der Waals surface area contributed by atoms with Crippen LogP contribution in [0.5, 0.6) is 0 Å². The topological polar surface area (TPSA) is 0 Å². The lowest BCUT2D eigenvalue weighted by Gasteiger charge is -2.38. The van der Waals surface area contributed by atoms with Crippen LogP contribution in [0.3, 0.4) is 0 Å². The second kappa shape index (κ2) is 3.64. The van der Waals surface area contributed by atoms with Crippen LogP contribution in [0.4, 0.5) is 0 Å². The van der Waals surface area contributed by atoms with Gasteiger partial charge in [-0.3, -0.25) is 0 Å². The summed E-state index contributed by atoms with van der Waals surface area (Å²) in [7, 11) is 1.35. The third-order valence-electron chi connectivity index (χ3n) is 3.19. The summed E-state index contributed by atoms with van der Waals surface area (Å²) >= 11 is 0. The lowest BCUT2D eigenvalue weighted by atomic mass is 9.43. The maximum atomic E-state index is 2.38. The van der Waals surface area contributed by atoms with Crippen LogP contribution in [0.2, 0.25) is 11.6 Å². The van der Waals surface area contributed by atoms with Crippen molar-refractivity contribution in [3.05, 3.63) is 0 Å². The summed E-state index contributed by atoms with van der Waals surface area (Å²) in [4.78, 5) is 0. The van der Waals surface area contributed by atoms with E-state index in [-0.39, 0.29) is 0 Å². The first-order chi connectivity index (χ1) is 4.81. The van der Waals surface area contributed by atoms with Crippen molar-refractivity contribution in [3.63, 3.8) is 0 Å². The van der Waals surface area contributed by atoms with E-state index in [2.05, 4.69) is 41.5 Å². The van der Waals surface area contributed by atoms with Gasteiger partial charge in [0.05, 0.1) is 0 Å². The quantitative estimate of drug-likeness (QED) is 0.545. The molecule has 66 valence electrons. The molecule has 0 rings (SSSR count). The Morgan fingerprint density at radius 1 is 1.00 bits per heavy atom. The predicted octanol–water partition coefficient (Wildman–Crippen LogP) is 3.50. The Labute approximate surface area is 73.0 Å². The number of rotatable bonds is 3. The lowest BCUT2D eigenvalue weighted by Crippen LogP contribution is -2.28. The molecule has 0 heterocycles. The molecule has 0 fully saturated rings. The molecular formula is C10H23B. The van der Waals surface area contributed by atoms with Gasteiger partial charge in [-0.05, 0) is 5.41 Å². The van der Waals surface area contributed by atoms with Gasteiger partial charge < -0.3 is 0 Å². The third kappa shape index (κ3) is 3.31. The standard InChI is InChI=1S/C10H23B/c1-7-8-11-10(5,6)9(2,3)4/h11H,7-8H2,1-6H3. The molecule has 0 radical (unpaired) electrons. The minimum absolute atomic E-state index is 0.447. The van der Waals surface area contributed by atoms with Gasteiger partial charge in [-0.1, -0.05) is 59.6 Å². The van der Waals surface area contributed by atoms with Crippen LogP contribution in [0, 0.1) is 5.41 Å². The van der Waals surface area contributed by atoms with E-state index in [1.807, 2.05) is 0 Å². The molecule has 0 bridgehead atoms. The van der Waals surface area contributed by atoms with Crippen molar-refractivity contribution in [3.8, 4) is 0 Å². The zero-order chi connectivity index (χ0) is 9.12. The first-order valence-corrected chi connectivity index (χ1v) is 4.81. The van der Waals surface area contributed by atoms with Crippen molar-refractivity contribution in [2.75, 3.05) is 0 Å². The van der Waals surface area contributed by atoms with Crippen molar-refractivity contribution < 1.29 is 0 Å². The van der Waals surface area contributed by atoms with Gasteiger partial charge in [0.15, 0.2) is 0 Å². The summed E-state index contributed by atoms with van der Waals surface area (Å²) in [6.07, 6.45) is 2.68. The zero-order valence-electron chi connectivity index (χ0n) is 9.12. The van der Waals surface area contributed by atoms with Gasteiger partial charge in [0, 0.05) is 0 Å². The van der Waals surface area contributed by atoms with Gasteiger partial charge in [0.1, 0.15) is 7.28 Å². The fraction of sp³-hybridized carbons (Fsp3) is 1.00. The summed E-state index contributed by atoms with van der Waals surface area (Å²) in [6, 6.07) is 0. The molecule has 0 atom stereocenters. The minimum atomic E-state index is 0.447. The van der Waals surface area contributed by atoms with E-state index in [1.165, 1.54) is 20.0 Å². The molecule has 0 aromatic rings. The highest BCUT2D eigenvalue weighted by Gasteiger charge is 2.32. The minimum Gasteiger partial charge on any atom is -0.0772 e. The Bertz CT molecular complexity index is 109. The molecule has 0 saturated heterocycles. The second-order valence-corrected chi connectivity index (χ2v) is 5.24. The maximum absolute atomic E-state index is 2.38. The molecule has 0 nitrogen and oxygen atoms in total. The molecule has 0 aromatic heterocycles. The molecule has 0 aliphatic heterocycles. The van der Waals surface area contributed by atoms with Crippen LogP contribution in [-0.2, 0) is 0 Å². The Balaban J connectivity index is 4.00. The average molecular weight is 154 g/mol. The lowest BCUT2D eigenvalue weighted by molar-refractivity contribution is 0.298. The highest BCUT2D eigenvalue weighted by atomic mass is 14.3. The Morgan fingerprint density at radius 3 is 1.73 bits per heavy atom. The Kier molecular flexibility index (Phi) is 3.67. The summed E-state index contributed by atoms with van der Waals surface area (Å²) < 4.78 is 0. The summed E-state index contributed by atoms with van der Waals surface area (Å²) in [5.74, 6) is 0. The molecule has 11 heavy (non-hydrogen) atoms. The van der Waals surface area contributed by atoms with E-state index in [4.69, 9.17) is 0 Å². The maximum Gasteiger partial charge on any atom is 0.128 e. The summed E-state index contributed by atoms with van der Waals surface area (Å²) in [6.45, 7) is 14.0. The molecule has 0 spiro atoms. The van der Waals surface area contributed by atoms with Crippen molar-refractivity contribution in [1.29, 1.82) is 0 Å². The fourth-order valence-electron chi connectivity index (χ4n) is 0.994. The van der Waals surface area contributed by atoms with E-state index < -0.39 is 0 Å². The SMILES string of the molecule is CCCBC(C)(C)C(C)(C)C. The van der Waals surface area contributed by atoms with Crippen molar-refractivity contribution in [2.24, 2.45) is 5.41 Å². The molecule has 1 heteroatoms. The van der Waals surface area contributed by atoms with Crippen molar-refractivity contribution in [1.82, 2.24) is 0 Å². The van der Waals surface area contributed by atoms with Gasteiger partial charge in [-0.15, -0.1) is 0 Å². The van der Waals surface area contributed by atoms with Gasteiger partial charge in [0.25, 0.3) is 0 Å². The third-order valence-corrected chi connectivity index (χ3v) is 3.19. The van der Waals surface area contributed by atoms with Crippen molar-refractivity contribution >= 4 is 7.28 Å². The molecule has 0 amide bonds. The monoisotopic (exact) mass is 154 g/mol. The summed E-state index contributed by atoms with van der Waals surface area (Å²) in [5.41, 5.74) is 0.447. The largest absolute Gasteiger partial charge is 0.128 e. The van der Waals surface area contributed by atoms with E-state index in [1.54, 1.807) is 0 Å². The Hall–Kier alpha value is 0.0649. The van der Waals surface area contributed by atoms with Gasteiger partial charge >= 0.3 is 0 Å². The number of hydrogen-bond donors (Lipinski definition) is 0. The molecule has 0 saturated carbocycles. The van der Waals surface area contributed by atoms with Gasteiger partial charge in [0.2, 0.25) is 0 Å².